The van der Waals surface area contributed by atoms with E-state index in [0.717, 1.165) is 11.3 Å². The van der Waals surface area contributed by atoms with Crippen molar-refractivity contribution in [2.24, 2.45) is 0 Å². The van der Waals surface area contributed by atoms with Crippen LogP contribution in [0.3, 0.4) is 0 Å². The van der Waals surface area contributed by atoms with Gasteiger partial charge in [0.1, 0.15) is 11.4 Å². The molecule has 0 fully saturated rings. The summed E-state index contributed by atoms with van der Waals surface area (Å²) in [5, 5.41) is 10.1. The molecule has 3 aromatic carbocycles. The molecule has 0 saturated carbocycles. The molecule has 2 N–H and O–H groups in total. The van der Waals surface area contributed by atoms with Crippen molar-refractivity contribution in [3.05, 3.63) is 108 Å². The second-order valence-electron chi connectivity index (χ2n) is 6.79. The third-order valence-corrected chi connectivity index (χ3v) is 4.59. The van der Waals surface area contributed by atoms with E-state index in [9.17, 15) is 9.59 Å². The molecule has 0 saturated heterocycles. The number of carbonyl (C=O) groups excluding carboxylic acids is 2. The Morgan fingerprint density at radius 1 is 0.767 bits per heavy atom. The highest BCUT2D eigenvalue weighted by atomic mass is 16.2. The quantitative estimate of drug-likeness (QED) is 0.514. The molecule has 1 heterocycles. The van der Waals surface area contributed by atoms with Gasteiger partial charge in [0.05, 0.1) is 11.9 Å². The van der Waals surface area contributed by atoms with Crippen molar-refractivity contribution in [2.45, 2.75) is 6.92 Å². The average Bonchev–Trinajstić information content (AvgIpc) is 3.20. The fourth-order valence-corrected chi connectivity index (χ4v) is 3.00. The first-order valence-electron chi connectivity index (χ1n) is 9.50. The third-order valence-electron chi connectivity index (χ3n) is 4.59. The molecule has 148 valence electrons. The van der Waals surface area contributed by atoms with Gasteiger partial charge < -0.3 is 10.6 Å². The number of hydrogen-bond donors (Lipinski definition) is 2. The Morgan fingerprint density at radius 3 is 2.07 bits per heavy atom. The maximum absolute atomic E-state index is 13.0. The van der Waals surface area contributed by atoms with E-state index in [2.05, 4.69) is 15.7 Å². The normalized spacial score (nSPS) is 10.4. The minimum absolute atomic E-state index is 0.267. The third kappa shape index (κ3) is 4.12. The maximum atomic E-state index is 13.0. The summed E-state index contributed by atoms with van der Waals surface area (Å²) in [6.07, 6.45) is 1.46. The van der Waals surface area contributed by atoms with E-state index < -0.39 is 0 Å². The molecule has 0 atom stereocenters. The zero-order chi connectivity index (χ0) is 20.9. The van der Waals surface area contributed by atoms with Crippen LogP contribution in [0, 0.1) is 6.92 Å². The van der Waals surface area contributed by atoms with Gasteiger partial charge in [0, 0.05) is 11.3 Å². The van der Waals surface area contributed by atoms with Gasteiger partial charge in [0.25, 0.3) is 11.8 Å². The van der Waals surface area contributed by atoms with E-state index in [4.69, 9.17) is 0 Å². The smallest absolute Gasteiger partial charge is 0.261 e. The van der Waals surface area contributed by atoms with E-state index >= 15 is 0 Å². The summed E-state index contributed by atoms with van der Waals surface area (Å²) in [5.74, 6) is -0.373. The van der Waals surface area contributed by atoms with Crippen LogP contribution in [-0.4, -0.2) is 21.6 Å². The summed E-state index contributed by atoms with van der Waals surface area (Å²) < 4.78 is 1.55. The van der Waals surface area contributed by atoms with Crippen LogP contribution >= 0.6 is 0 Å². The predicted molar refractivity (Wildman–Crippen MR) is 117 cm³/mol. The second kappa shape index (κ2) is 8.45. The fraction of sp³-hybridized carbons (Fsp3) is 0.0417. The number of anilines is 2. The lowest BCUT2D eigenvalue weighted by Crippen LogP contribution is -2.19. The van der Waals surface area contributed by atoms with E-state index in [1.807, 2.05) is 67.6 Å². The Balaban J connectivity index is 1.69. The minimum Gasteiger partial charge on any atom is -0.322 e. The molecule has 4 aromatic rings. The largest absolute Gasteiger partial charge is 0.322 e. The van der Waals surface area contributed by atoms with Crippen LogP contribution in [-0.2, 0) is 0 Å². The monoisotopic (exact) mass is 396 g/mol. The SMILES string of the molecule is Cc1ccc(NC(=O)c2cnn(-c3ccccc3)c2NC(=O)c2ccccc2)cc1. The molecule has 0 aliphatic carbocycles. The first kappa shape index (κ1) is 19.1. The molecule has 4 rings (SSSR count). The Kier molecular flexibility index (Phi) is 5.39. The van der Waals surface area contributed by atoms with Crippen molar-refractivity contribution in [3.8, 4) is 5.69 Å². The van der Waals surface area contributed by atoms with Crippen molar-refractivity contribution in [1.29, 1.82) is 0 Å². The predicted octanol–water partition coefficient (Wildman–Crippen LogP) is 4.69. The van der Waals surface area contributed by atoms with Crippen LogP contribution < -0.4 is 10.6 Å². The molecule has 0 aliphatic heterocycles. The van der Waals surface area contributed by atoms with Gasteiger partial charge in [-0.1, -0.05) is 54.1 Å². The number of benzene rings is 3. The number of hydrogen-bond acceptors (Lipinski definition) is 3. The molecule has 0 spiro atoms. The average molecular weight is 396 g/mol. The highest BCUT2D eigenvalue weighted by molar-refractivity contribution is 6.12. The van der Waals surface area contributed by atoms with Crippen LogP contribution in [0.25, 0.3) is 5.69 Å². The van der Waals surface area contributed by atoms with Crippen molar-refractivity contribution >= 4 is 23.3 Å². The maximum Gasteiger partial charge on any atom is 0.261 e. The summed E-state index contributed by atoms with van der Waals surface area (Å²) >= 11 is 0. The summed E-state index contributed by atoms with van der Waals surface area (Å²) in [4.78, 5) is 25.7. The topological polar surface area (TPSA) is 76.0 Å². The number of rotatable bonds is 5. The van der Waals surface area contributed by atoms with Gasteiger partial charge in [-0.2, -0.15) is 5.10 Å². The number of carbonyl (C=O) groups is 2. The van der Waals surface area contributed by atoms with Crippen LogP contribution in [0.2, 0.25) is 0 Å². The number of amides is 2. The Morgan fingerprint density at radius 2 is 1.40 bits per heavy atom. The van der Waals surface area contributed by atoms with E-state index in [1.165, 1.54) is 6.20 Å². The van der Waals surface area contributed by atoms with Gasteiger partial charge in [0.2, 0.25) is 0 Å². The van der Waals surface area contributed by atoms with Crippen molar-refractivity contribution in [1.82, 2.24) is 9.78 Å². The summed E-state index contributed by atoms with van der Waals surface area (Å²) in [7, 11) is 0. The molecule has 6 nitrogen and oxygen atoms in total. The Hall–Kier alpha value is -4.19. The first-order chi connectivity index (χ1) is 14.6. The van der Waals surface area contributed by atoms with Gasteiger partial charge in [-0.25, -0.2) is 4.68 Å². The van der Waals surface area contributed by atoms with Crippen LogP contribution in [0.5, 0.6) is 0 Å². The zero-order valence-corrected chi connectivity index (χ0v) is 16.4. The number of nitrogens with one attached hydrogen (secondary N) is 2. The fourth-order valence-electron chi connectivity index (χ4n) is 3.00. The lowest BCUT2D eigenvalue weighted by atomic mass is 10.2. The number of para-hydroxylation sites is 1. The Labute approximate surface area is 174 Å². The first-order valence-corrected chi connectivity index (χ1v) is 9.50. The van der Waals surface area contributed by atoms with Gasteiger partial charge in [-0.05, 0) is 43.3 Å². The number of aryl methyl sites for hydroxylation is 1. The molecular weight excluding hydrogens is 376 g/mol. The standard InChI is InChI=1S/C24H20N4O2/c1-17-12-14-19(15-13-17)26-24(30)21-16-25-28(20-10-6-3-7-11-20)22(21)27-23(29)18-8-4-2-5-9-18/h2-16H,1H3,(H,26,30)(H,27,29). The molecule has 30 heavy (non-hydrogen) atoms. The lowest BCUT2D eigenvalue weighted by molar-refractivity contribution is 0.102. The Bertz CT molecular complexity index is 1170. The molecule has 0 radical (unpaired) electrons. The molecule has 6 heteroatoms. The van der Waals surface area contributed by atoms with Crippen LogP contribution in [0.4, 0.5) is 11.5 Å². The van der Waals surface area contributed by atoms with E-state index in [1.54, 1.807) is 28.9 Å². The lowest BCUT2D eigenvalue weighted by Gasteiger charge is -2.12. The second-order valence-corrected chi connectivity index (χ2v) is 6.79. The van der Waals surface area contributed by atoms with E-state index in [-0.39, 0.29) is 17.4 Å². The van der Waals surface area contributed by atoms with Crippen molar-refractivity contribution in [3.63, 3.8) is 0 Å². The molecule has 1 aromatic heterocycles. The van der Waals surface area contributed by atoms with Crippen molar-refractivity contribution in [2.75, 3.05) is 10.6 Å². The van der Waals surface area contributed by atoms with Gasteiger partial charge >= 0.3 is 0 Å². The van der Waals surface area contributed by atoms with Gasteiger partial charge in [0.15, 0.2) is 0 Å². The minimum atomic E-state index is -0.357. The van der Waals surface area contributed by atoms with E-state index in [0.29, 0.717) is 17.1 Å². The van der Waals surface area contributed by atoms with Crippen LogP contribution in [0.15, 0.2) is 91.1 Å². The van der Waals surface area contributed by atoms with Crippen molar-refractivity contribution < 1.29 is 9.59 Å². The molecule has 0 unspecified atom stereocenters. The summed E-state index contributed by atoms with van der Waals surface area (Å²) in [5.41, 5.74) is 3.25. The molecule has 0 aliphatic rings. The highest BCUT2D eigenvalue weighted by Crippen LogP contribution is 2.22. The molecule has 0 bridgehead atoms. The van der Waals surface area contributed by atoms with Gasteiger partial charge in [-0.15, -0.1) is 0 Å². The molecular formula is C24H20N4O2. The molecule has 2 amide bonds. The zero-order valence-electron chi connectivity index (χ0n) is 16.4. The summed E-state index contributed by atoms with van der Waals surface area (Å²) in [6.45, 7) is 1.98. The highest BCUT2D eigenvalue weighted by Gasteiger charge is 2.21. The summed E-state index contributed by atoms with van der Waals surface area (Å²) in [6, 6.07) is 25.7. The number of nitrogens with zero attached hydrogens (tertiary/aromatic N) is 2. The number of aromatic nitrogens is 2. The van der Waals surface area contributed by atoms with Crippen LogP contribution in [0.1, 0.15) is 26.3 Å². The van der Waals surface area contributed by atoms with Gasteiger partial charge in [-0.3, -0.25) is 9.59 Å².